The van der Waals surface area contributed by atoms with Crippen molar-refractivity contribution in [1.29, 1.82) is 0 Å². The number of hydrogen-bond acceptors (Lipinski definition) is 7. The van der Waals surface area contributed by atoms with Crippen LogP contribution < -0.4 is 10.5 Å². The molecule has 0 aliphatic carbocycles. The molecule has 0 bridgehead atoms. The summed E-state index contributed by atoms with van der Waals surface area (Å²) < 4.78 is 20.6. The molecule has 2 aromatic carbocycles. The lowest BCUT2D eigenvalue weighted by Crippen LogP contribution is -2.10. The third-order valence-electron chi connectivity index (χ3n) is 4.78. The molecule has 31 heavy (non-hydrogen) atoms. The summed E-state index contributed by atoms with van der Waals surface area (Å²) in [6, 6.07) is 14.2. The highest BCUT2D eigenvalue weighted by atomic mass is 19.1. The number of aromatic nitrogens is 5. The smallest absolute Gasteiger partial charge is 0.190 e. The van der Waals surface area contributed by atoms with E-state index < -0.39 is 5.82 Å². The van der Waals surface area contributed by atoms with Gasteiger partial charge in [-0.15, -0.1) is 5.10 Å². The van der Waals surface area contributed by atoms with Crippen LogP contribution in [0.3, 0.4) is 0 Å². The first-order valence-corrected chi connectivity index (χ1v) is 9.58. The van der Waals surface area contributed by atoms with Crippen LogP contribution in [0.15, 0.2) is 54.7 Å². The molecular weight excluding hydrogens is 397 g/mol. The van der Waals surface area contributed by atoms with Gasteiger partial charge in [0.1, 0.15) is 23.1 Å². The molecule has 0 atom stereocenters. The number of methoxy groups -OCH3 is 1. The molecule has 4 aromatic rings. The molecule has 0 spiro atoms. The Balaban J connectivity index is 1.76. The zero-order chi connectivity index (χ0) is 22.0. The number of tetrazole rings is 1. The van der Waals surface area contributed by atoms with Crippen molar-refractivity contribution in [3.05, 3.63) is 66.1 Å². The highest BCUT2D eigenvalue weighted by molar-refractivity contribution is 5.76. The minimum absolute atomic E-state index is 0.263. The monoisotopic (exact) mass is 419 g/mol. The number of benzene rings is 2. The van der Waals surface area contributed by atoms with Gasteiger partial charge in [0, 0.05) is 24.4 Å². The Morgan fingerprint density at radius 2 is 1.84 bits per heavy atom. The van der Waals surface area contributed by atoms with Crippen LogP contribution in [0.25, 0.3) is 28.2 Å². The Kier molecular flexibility index (Phi) is 5.59. The van der Waals surface area contributed by atoms with Crippen LogP contribution in [0, 0.1) is 5.82 Å². The fourth-order valence-electron chi connectivity index (χ4n) is 3.33. The van der Waals surface area contributed by atoms with Gasteiger partial charge in [0.2, 0.25) is 0 Å². The summed E-state index contributed by atoms with van der Waals surface area (Å²) in [5.74, 6) is 0.586. The number of nitrogen functional groups attached to an aromatic ring is 1. The van der Waals surface area contributed by atoms with Crippen molar-refractivity contribution in [3.8, 4) is 34.0 Å². The van der Waals surface area contributed by atoms with E-state index in [1.807, 2.05) is 32.3 Å². The molecule has 8 nitrogen and oxygen atoms in total. The fraction of sp³-hybridized carbons (Fsp3) is 0.182. The topological polar surface area (TPSA) is 95.0 Å². The largest absolute Gasteiger partial charge is 0.494 e. The summed E-state index contributed by atoms with van der Waals surface area (Å²) in [6.45, 7) is 0.857. The molecule has 2 N–H and O–H groups in total. The Morgan fingerprint density at radius 3 is 2.55 bits per heavy atom. The van der Waals surface area contributed by atoms with Crippen LogP contribution >= 0.6 is 0 Å². The van der Waals surface area contributed by atoms with Gasteiger partial charge in [-0.2, -0.15) is 4.68 Å². The maximum atomic E-state index is 13.9. The van der Waals surface area contributed by atoms with E-state index in [0.29, 0.717) is 22.8 Å². The summed E-state index contributed by atoms with van der Waals surface area (Å²) in [5.41, 5.74) is 10.1. The molecule has 0 amide bonds. The predicted octanol–water partition coefficient (Wildman–Crippen LogP) is 3.18. The Labute approximate surface area is 179 Å². The van der Waals surface area contributed by atoms with Crippen LogP contribution in [0.1, 0.15) is 5.56 Å². The van der Waals surface area contributed by atoms with Gasteiger partial charge in [-0.05, 0) is 53.8 Å². The predicted molar refractivity (Wildman–Crippen MR) is 116 cm³/mol. The van der Waals surface area contributed by atoms with E-state index in [-0.39, 0.29) is 5.82 Å². The zero-order valence-corrected chi connectivity index (χ0v) is 17.5. The van der Waals surface area contributed by atoms with E-state index in [2.05, 4.69) is 37.5 Å². The molecule has 0 unspecified atom stereocenters. The second-order valence-electron chi connectivity index (χ2n) is 7.32. The number of ether oxygens (including phenoxy) is 1. The highest BCUT2D eigenvalue weighted by Gasteiger charge is 2.19. The molecule has 0 saturated heterocycles. The summed E-state index contributed by atoms with van der Waals surface area (Å²) in [7, 11) is 5.56. The van der Waals surface area contributed by atoms with E-state index in [1.54, 1.807) is 6.20 Å². The third-order valence-corrected chi connectivity index (χ3v) is 4.78. The van der Waals surface area contributed by atoms with Gasteiger partial charge < -0.3 is 15.4 Å². The van der Waals surface area contributed by atoms with Gasteiger partial charge in [0.05, 0.1) is 12.7 Å². The van der Waals surface area contributed by atoms with E-state index in [4.69, 9.17) is 10.5 Å². The number of pyridine rings is 1. The number of rotatable bonds is 6. The minimum Gasteiger partial charge on any atom is -0.494 e. The van der Waals surface area contributed by atoms with Crippen molar-refractivity contribution in [2.75, 3.05) is 26.9 Å². The van der Waals surface area contributed by atoms with Gasteiger partial charge in [-0.25, -0.2) is 9.37 Å². The molecule has 9 heteroatoms. The number of hydrogen-bond donors (Lipinski definition) is 1. The Morgan fingerprint density at radius 1 is 1.06 bits per heavy atom. The molecule has 0 fully saturated rings. The lowest BCUT2D eigenvalue weighted by Gasteiger charge is -2.12. The van der Waals surface area contributed by atoms with Crippen LogP contribution in [0.5, 0.6) is 5.75 Å². The van der Waals surface area contributed by atoms with Gasteiger partial charge >= 0.3 is 0 Å². The molecular formula is C22H22FN7O. The van der Waals surface area contributed by atoms with E-state index in [9.17, 15) is 4.39 Å². The first-order chi connectivity index (χ1) is 15.0. The molecule has 2 heterocycles. The van der Waals surface area contributed by atoms with Gasteiger partial charge in [0.15, 0.2) is 5.82 Å². The average molecular weight is 419 g/mol. The van der Waals surface area contributed by atoms with Crippen molar-refractivity contribution >= 4 is 5.82 Å². The fourth-order valence-corrected chi connectivity index (χ4v) is 3.33. The van der Waals surface area contributed by atoms with Gasteiger partial charge in [0.25, 0.3) is 0 Å². The summed E-state index contributed by atoms with van der Waals surface area (Å²) >= 11 is 0. The second-order valence-corrected chi connectivity index (χ2v) is 7.32. The number of halogens is 1. The maximum Gasteiger partial charge on any atom is 0.190 e. The zero-order valence-electron chi connectivity index (χ0n) is 17.5. The van der Waals surface area contributed by atoms with E-state index >= 15 is 0 Å². The molecule has 4 rings (SSSR count). The van der Waals surface area contributed by atoms with Gasteiger partial charge in [-0.1, -0.05) is 24.3 Å². The van der Waals surface area contributed by atoms with E-state index in [1.165, 1.54) is 35.6 Å². The average Bonchev–Trinajstić information content (AvgIpc) is 3.24. The highest BCUT2D eigenvalue weighted by Crippen LogP contribution is 2.31. The van der Waals surface area contributed by atoms with Crippen LogP contribution in [0.2, 0.25) is 0 Å². The molecule has 0 radical (unpaired) electrons. The first kappa shape index (κ1) is 20.4. The summed E-state index contributed by atoms with van der Waals surface area (Å²) in [6.07, 6.45) is 1.71. The van der Waals surface area contributed by atoms with Crippen LogP contribution in [-0.4, -0.2) is 51.3 Å². The Hall–Kier alpha value is -3.85. The lowest BCUT2D eigenvalue weighted by molar-refractivity contribution is 0.402. The van der Waals surface area contributed by atoms with Crippen molar-refractivity contribution in [2.45, 2.75) is 6.54 Å². The number of nitrogens with two attached hydrogens (primary N) is 1. The molecule has 0 aliphatic heterocycles. The lowest BCUT2D eigenvalue weighted by atomic mass is 10.0. The van der Waals surface area contributed by atoms with E-state index in [0.717, 1.165) is 17.7 Å². The Bertz CT molecular complexity index is 1200. The molecule has 0 aliphatic rings. The summed E-state index contributed by atoms with van der Waals surface area (Å²) in [5, 5.41) is 11.9. The minimum atomic E-state index is -0.435. The van der Waals surface area contributed by atoms with Gasteiger partial charge in [-0.3, -0.25) is 0 Å². The van der Waals surface area contributed by atoms with Crippen molar-refractivity contribution in [2.24, 2.45) is 0 Å². The second kappa shape index (κ2) is 8.49. The molecule has 2 aromatic heterocycles. The van der Waals surface area contributed by atoms with Crippen molar-refractivity contribution in [1.82, 2.24) is 30.1 Å². The molecule has 158 valence electrons. The SMILES string of the molecule is COc1ccc(F)cc1-n1nnnc1-c1cc(-c2ccc(CN(C)C)cc2)cnc1N. The number of anilines is 1. The van der Waals surface area contributed by atoms with Crippen molar-refractivity contribution in [3.63, 3.8) is 0 Å². The summed E-state index contributed by atoms with van der Waals surface area (Å²) in [4.78, 5) is 6.44. The normalized spacial score (nSPS) is 11.1. The maximum absolute atomic E-state index is 13.9. The standard InChI is InChI=1S/C22H22FN7O/c1-29(2)13-14-4-6-15(7-5-14)16-10-18(21(24)25-12-16)22-26-27-28-30(22)19-11-17(23)8-9-20(19)31-3/h4-12H,13H2,1-3H3,(H2,24,25). The van der Waals surface area contributed by atoms with Crippen molar-refractivity contribution < 1.29 is 9.13 Å². The third kappa shape index (κ3) is 4.22. The molecule has 0 saturated carbocycles. The van der Waals surface area contributed by atoms with Crippen LogP contribution in [0.4, 0.5) is 10.2 Å². The number of nitrogens with zero attached hydrogens (tertiary/aromatic N) is 6. The first-order valence-electron chi connectivity index (χ1n) is 9.58. The quantitative estimate of drug-likeness (QED) is 0.513. The van der Waals surface area contributed by atoms with Crippen LogP contribution in [-0.2, 0) is 6.54 Å².